The number of benzene rings is 1. The Bertz CT molecular complexity index is 697. The summed E-state index contributed by atoms with van der Waals surface area (Å²) in [7, 11) is 0. The van der Waals surface area contributed by atoms with Crippen molar-refractivity contribution in [3.63, 3.8) is 0 Å². The Morgan fingerprint density at radius 1 is 1.14 bits per heavy atom. The fourth-order valence-electron chi connectivity index (χ4n) is 4.48. The lowest BCUT2D eigenvalue weighted by atomic mass is 9.94. The molecule has 29 heavy (non-hydrogen) atoms. The molecule has 1 aliphatic carbocycles. The largest absolute Gasteiger partial charge is 0.354 e. The molecule has 0 unspecified atom stereocenters. The normalized spacial score (nSPS) is 20.4. The van der Waals surface area contributed by atoms with Crippen LogP contribution in [0.5, 0.6) is 0 Å². The Labute approximate surface area is 173 Å². The summed E-state index contributed by atoms with van der Waals surface area (Å²) in [6.45, 7) is 7.35. The maximum Gasteiger partial charge on any atom is 0.256 e. The van der Waals surface area contributed by atoms with E-state index in [1.165, 1.54) is 25.0 Å². The van der Waals surface area contributed by atoms with Gasteiger partial charge in [-0.25, -0.2) is 4.39 Å². The highest BCUT2D eigenvalue weighted by atomic mass is 19.1. The number of carbonyl (C=O) groups is 2. The second-order valence-corrected chi connectivity index (χ2v) is 8.56. The molecule has 0 aromatic heterocycles. The molecule has 1 heterocycles. The van der Waals surface area contributed by atoms with Crippen molar-refractivity contribution in [1.29, 1.82) is 0 Å². The second kappa shape index (κ2) is 10.2. The van der Waals surface area contributed by atoms with Gasteiger partial charge in [0, 0.05) is 32.7 Å². The van der Waals surface area contributed by atoms with E-state index in [1.807, 2.05) is 0 Å². The summed E-state index contributed by atoms with van der Waals surface area (Å²) in [6, 6.07) is 6.01. The fourth-order valence-corrected chi connectivity index (χ4v) is 4.48. The molecular weight excluding hydrogens is 369 g/mol. The average Bonchev–Trinajstić information content (AvgIpc) is 3.27. The van der Waals surface area contributed by atoms with Crippen LogP contribution >= 0.6 is 0 Å². The molecule has 1 aromatic rings. The van der Waals surface area contributed by atoms with E-state index in [9.17, 15) is 14.0 Å². The van der Waals surface area contributed by atoms with Gasteiger partial charge in [0.05, 0.1) is 11.6 Å². The Balaban J connectivity index is 1.62. The molecule has 1 aliphatic heterocycles. The van der Waals surface area contributed by atoms with Crippen molar-refractivity contribution in [2.45, 2.75) is 52.0 Å². The molecule has 1 saturated carbocycles. The third-order valence-electron chi connectivity index (χ3n) is 6.54. The van der Waals surface area contributed by atoms with Crippen LogP contribution in [0.25, 0.3) is 0 Å². The molecule has 3 rings (SSSR count). The van der Waals surface area contributed by atoms with E-state index in [4.69, 9.17) is 0 Å². The van der Waals surface area contributed by atoms with Gasteiger partial charge in [0.2, 0.25) is 5.91 Å². The van der Waals surface area contributed by atoms with Crippen LogP contribution in [0.2, 0.25) is 0 Å². The first-order chi connectivity index (χ1) is 14.0. The predicted molar refractivity (Wildman–Crippen MR) is 112 cm³/mol. The van der Waals surface area contributed by atoms with Crippen LogP contribution in [-0.4, -0.2) is 60.4 Å². The van der Waals surface area contributed by atoms with Crippen molar-refractivity contribution in [3.05, 3.63) is 35.6 Å². The monoisotopic (exact) mass is 403 g/mol. The second-order valence-electron chi connectivity index (χ2n) is 8.56. The summed E-state index contributed by atoms with van der Waals surface area (Å²) < 4.78 is 14.0. The molecule has 0 bridgehead atoms. The first-order valence-electron chi connectivity index (χ1n) is 11.1. The van der Waals surface area contributed by atoms with Gasteiger partial charge in [-0.05, 0) is 36.8 Å². The quantitative estimate of drug-likeness (QED) is 0.760. The number of nitrogens with one attached hydrogen (secondary N) is 1. The van der Waals surface area contributed by atoms with Crippen molar-refractivity contribution in [2.75, 3.05) is 32.7 Å². The summed E-state index contributed by atoms with van der Waals surface area (Å²) >= 11 is 0. The van der Waals surface area contributed by atoms with Crippen LogP contribution < -0.4 is 5.32 Å². The molecular formula is C23H34FN3O2. The van der Waals surface area contributed by atoms with Gasteiger partial charge in [0.1, 0.15) is 5.82 Å². The lowest BCUT2D eigenvalue weighted by molar-refractivity contribution is -0.129. The van der Waals surface area contributed by atoms with E-state index >= 15 is 0 Å². The van der Waals surface area contributed by atoms with E-state index in [0.717, 1.165) is 19.3 Å². The molecule has 160 valence electrons. The number of carbonyl (C=O) groups excluding carboxylic acids is 2. The van der Waals surface area contributed by atoms with Crippen molar-refractivity contribution in [3.8, 4) is 0 Å². The van der Waals surface area contributed by atoms with Gasteiger partial charge in [0.25, 0.3) is 5.91 Å². The van der Waals surface area contributed by atoms with Crippen LogP contribution in [0.1, 0.15) is 56.3 Å². The molecule has 0 radical (unpaired) electrons. The average molecular weight is 404 g/mol. The molecule has 6 heteroatoms. The van der Waals surface area contributed by atoms with Gasteiger partial charge in [-0.2, -0.15) is 0 Å². The number of hydrogen-bond donors (Lipinski definition) is 1. The van der Waals surface area contributed by atoms with Gasteiger partial charge in [-0.1, -0.05) is 45.2 Å². The number of halogens is 1. The van der Waals surface area contributed by atoms with Crippen LogP contribution in [-0.2, 0) is 4.79 Å². The summed E-state index contributed by atoms with van der Waals surface area (Å²) in [5, 5.41) is 3.16. The number of rotatable bonds is 7. The Morgan fingerprint density at radius 2 is 1.79 bits per heavy atom. The summed E-state index contributed by atoms with van der Waals surface area (Å²) in [6.07, 6.45) is 5.61. The minimum atomic E-state index is -0.479. The van der Waals surface area contributed by atoms with Crippen molar-refractivity contribution < 1.29 is 14.0 Å². The van der Waals surface area contributed by atoms with Gasteiger partial charge in [0.15, 0.2) is 0 Å². The number of amides is 2. The van der Waals surface area contributed by atoms with E-state index in [1.54, 1.807) is 17.0 Å². The number of nitrogens with zero attached hydrogens (tertiary/aromatic N) is 2. The van der Waals surface area contributed by atoms with Crippen LogP contribution in [0.15, 0.2) is 24.3 Å². The zero-order chi connectivity index (χ0) is 20.8. The summed E-state index contributed by atoms with van der Waals surface area (Å²) in [5.41, 5.74) is 0.125. The zero-order valence-corrected chi connectivity index (χ0v) is 17.7. The molecule has 5 nitrogen and oxygen atoms in total. The Hall–Kier alpha value is -1.95. The van der Waals surface area contributed by atoms with Gasteiger partial charge in [-0.3, -0.25) is 14.5 Å². The van der Waals surface area contributed by atoms with Crippen molar-refractivity contribution in [1.82, 2.24) is 15.1 Å². The van der Waals surface area contributed by atoms with E-state index < -0.39 is 5.82 Å². The standard InChI is InChI=1S/C23H34FN3O2/c1-3-17(2)16-25-22(28)21(18-8-4-5-9-18)26-12-14-27(15-13-26)23(29)19-10-6-7-11-20(19)24/h6-7,10-11,17-18,21H,3-5,8-9,12-16H2,1-2H3,(H,25,28)/t17-,21-/m0/s1. The SMILES string of the molecule is CC[C@H](C)CNC(=O)[C@H](C1CCCC1)N1CCN(C(=O)c2ccccc2F)CC1. The first-order valence-corrected chi connectivity index (χ1v) is 11.1. The Morgan fingerprint density at radius 3 is 2.41 bits per heavy atom. The minimum absolute atomic E-state index is 0.118. The van der Waals surface area contributed by atoms with E-state index in [0.29, 0.717) is 44.6 Å². The van der Waals surface area contributed by atoms with Crippen LogP contribution in [0.3, 0.4) is 0 Å². The molecule has 2 aliphatic rings. The highest BCUT2D eigenvalue weighted by molar-refractivity contribution is 5.94. The number of piperazine rings is 1. The molecule has 1 N–H and O–H groups in total. The third kappa shape index (κ3) is 5.35. The number of hydrogen-bond acceptors (Lipinski definition) is 3. The summed E-state index contributed by atoms with van der Waals surface area (Å²) in [4.78, 5) is 29.7. The highest BCUT2D eigenvalue weighted by Gasteiger charge is 2.37. The molecule has 2 fully saturated rings. The maximum atomic E-state index is 14.0. The molecule has 1 aromatic carbocycles. The molecule has 1 saturated heterocycles. The lowest BCUT2D eigenvalue weighted by Gasteiger charge is -2.41. The molecule has 2 amide bonds. The van der Waals surface area contributed by atoms with E-state index in [2.05, 4.69) is 24.1 Å². The third-order valence-corrected chi connectivity index (χ3v) is 6.54. The molecule has 0 spiro atoms. The van der Waals surface area contributed by atoms with Gasteiger partial charge < -0.3 is 10.2 Å². The highest BCUT2D eigenvalue weighted by Crippen LogP contribution is 2.31. The smallest absolute Gasteiger partial charge is 0.256 e. The first kappa shape index (κ1) is 21.8. The van der Waals surface area contributed by atoms with Gasteiger partial charge in [-0.15, -0.1) is 0 Å². The molecule has 2 atom stereocenters. The van der Waals surface area contributed by atoms with Crippen LogP contribution in [0.4, 0.5) is 4.39 Å². The van der Waals surface area contributed by atoms with E-state index in [-0.39, 0.29) is 23.4 Å². The lowest BCUT2D eigenvalue weighted by Crippen LogP contribution is -2.58. The maximum absolute atomic E-state index is 14.0. The van der Waals surface area contributed by atoms with Crippen LogP contribution in [0, 0.1) is 17.7 Å². The predicted octanol–water partition coefficient (Wildman–Crippen LogP) is 3.30. The summed E-state index contributed by atoms with van der Waals surface area (Å²) in [5.74, 6) is 0.250. The minimum Gasteiger partial charge on any atom is -0.354 e. The Kier molecular flexibility index (Phi) is 7.64. The fraction of sp³-hybridized carbons (Fsp3) is 0.652. The van der Waals surface area contributed by atoms with Crippen molar-refractivity contribution >= 4 is 11.8 Å². The zero-order valence-electron chi connectivity index (χ0n) is 17.7. The topological polar surface area (TPSA) is 52.7 Å². The van der Waals surface area contributed by atoms with Crippen molar-refractivity contribution in [2.24, 2.45) is 11.8 Å². The van der Waals surface area contributed by atoms with Gasteiger partial charge >= 0.3 is 0 Å².